The number of likely N-dealkylation sites (N-methyl/N-ethyl adjacent to an activating group) is 1. The summed E-state index contributed by atoms with van der Waals surface area (Å²) < 4.78 is 11.4. The quantitative estimate of drug-likeness (QED) is 0.755. The van der Waals surface area contributed by atoms with Gasteiger partial charge in [-0.25, -0.2) is 0 Å². The molecular weight excluding hydrogens is 238 g/mol. The zero-order valence-corrected chi connectivity index (χ0v) is 11.9. The van der Waals surface area contributed by atoms with Crippen LogP contribution in [0.2, 0.25) is 0 Å². The number of para-hydroxylation sites is 1. The second kappa shape index (κ2) is 8.18. The van der Waals surface area contributed by atoms with E-state index in [2.05, 4.69) is 11.9 Å². The van der Waals surface area contributed by atoms with Gasteiger partial charge in [0.05, 0.1) is 6.10 Å². The van der Waals surface area contributed by atoms with Crippen LogP contribution in [0.1, 0.15) is 25.7 Å². The van der Waals surface area contributed by atoms with Crippen LogP contribution >= 0.6 is 0 Å². The molecule has 1 aromatic rings. The van der Waals surface area contributed by atoms with E-state index >= 15 is 0 Å². The van der Waals surface area contributed by atoms with Crippen molar-refractivity contribution in [1.29, 1.82) is 0 Å². The molecular formula is C16H25NO2. The molecule has 0 saturated carbocycles. The number of ether oxygens (including phenoxy) is 2. The van der Waals surface area contributed by atoms with E-state index in [1.807, 2.05) is 30.3 Å². The standard InChI is InChI=1S/C16H25NO2/c1-17(11-10-16-9-5-6-13-18-16)12-14-19-15-7-3-2-4-8-15/h2-4,7-8,16H,5-6,9-14H2,1H3/t16-/m1/s1. The Hall–Kier alpha value is -1.06. The lowest BCUT2D eigenvalue weighted by Crippen LogP contribution is -2.29. The molecule has 0 aliphatic carbocycles. The Kier molecular flexibility index (Phi) is 6.18. The number of rotatable bonds is 7. The summed E-state index contributed by atoms with van der Waals surface area (Å²) in [4.78, 5) is 2.32. The zero-order chi connectivity index (χ0) is 13.3. The van der Waals surface area contributed by atoms with Crippen molar-refractivity contribution in [2.24, 2.45) is 0 Å². The second-order valence-electron chi connectivity index (χ2n) is 5.24. The summed E-state index contributed by atoms with van der Waals surface area (Å²) in [5, 5.41) is 0. The molecule has 1 saturated heterocycles. The topological polar surface area (TPSA) is 21.7 Å². The molecule has 2 rings (SSSR count). The first-order valence-electron chi connectivity index (χ1n) is 7.32. The van der Waals surface area contributed by atoms with Crippen molar-refractivity contribution in [1.82, 2.24) is 4.90 Å². The fourth-order valence-corrected chi connectivity index (χ4v) is 2.35. The maximum Gasteiger partial charge on any atom is 0.119 e. The summed E-state index contributed by atoms with van der Waals surface area (Å²) in [6, 6.07) is 9.99. The number of benzene rings is 1. The molecule has 1 aliphatic heterocycles. The lowest BCUT2D eigenvalue weighted by atomic mass is 10.1. The van der Waals surface area contributed by atoms with E-state index < -0.39 is 0 Å². The summed E-state index contributed by atoms with van der Waals surface area (Å²) in [5.41, 5.74) is 0. The highest BCUT2D eigenvalue weighted by Gasteiger charge is 2.14. The Morgan fingerprint density at radius 1 is 1.21 bits per heavy atom. The predicted octanol–water partition coefficient (Wildman–Crippen LogP) is 2.96. The third-order valence-corrected chi connectivity index (χ3v) is 3.59. The summed E-state index contributed by atoms with van der Waals surface area (Å²) in [6.45, 7) is 3.74. The van der Waals surface area contributed by atoms with Crippen LogP contribution in [-0.2, 0) is 4.74 Å². The molecule has 0 radical (unpaired) electrons. The van der Waals surface area contributed by atoms with Crippen LogP contribution in [0.3, 0.4) is 0 Å². The SMILES string of the molecule is CN(CCOc1ccccc1)CC[C@H]1CCCCO1. The van der Waals surface area contributed by atoms with Crippen molar-refractivity contribution in [3.8, 4) is 5.75 Å². The largest absolute Gasteiger partial charge is 0.492 e. The van der Waals surface area contributed by atoms with Gasteiger partial charge in [-0.15, -0.1) is 0 Å². The van der Waals surface area contributed by atoms with E-state index in [1.54, 1.807) is 0 Å². The normalized spacial score (nSPS) is 19.6. The molecule has 0 bridgehead atoms. The minimum absolute atomic E-state index is 0.478. The first-order chi connectivity index (χ1) is 9.34. The first kappa shape index (κ1) is 14.4. The van der Waals surface area contributed by atoms with Gasteiger partial charge >= 0.3 is 0 Å². The van der Waals surface area contributed by atoms with Crippen LogP contribution < -0.4 is 4.74 Å². The van der Waals surface area contributed by atoms with E-state index in [0.717, 1.165) is 38.5 Å². The van der Waals surface area contributed by atoms with Gasteiger partial charge < -0.3 is 14.4 Å². The van der Waals surface area contributed by atoms with Gasteiger partial charge in [0.25, 0.3) is 0 Å². The zero-order valence-electron chi connectivity index (χ0n) is 11.9. The molecule has 0 unspecified atom stereocenters. The second-order valence-corrected chi connectivity index (χ2v) is 5.24. The van der Waals surface area contributed by atoms with Crippen molar-refractivity contribution >= 4 is 0 Å². The number of hydrogen-bond donors (Lipinski definition) is 0. The summed E-state index contributed by atoms with van der Waals surface area (Å²) >= 11 is 0. The van der Waals surface area contributed by atoms with Gasteiger partial charge in [-0.1, -0.05) is 18.2 Å². The molecule has 0 N–H and O–H groups in total. The van der Waals surface area contributed by atoms with Gasteiger partial charge in [0.15, 0.2) is 0 Å². The summed E-state index contributed by atoms with van der Waals surface area (Å²) in [7, 11) is 2.15. The molecule has 1 atom stereocenters. The average Bonchev–Trinajstić information content (AvgIpc) is 2.47. The Balaban J connectivity index is 1.55. The molecule has 1 aromatic carbocycles. The smallest absolute Gasteiger partial charge is 0.119 e. The van der Waals surface area contributed by atoms with Crippen molar-refractivity contribution in [3.05, 3.63) is 30.3 Å². The van der Waals surface area contributed by atoms with Gasteiger partial charge in [-0.2, -0.15) is 0 Å². The van der Waals surface area contributed by atoms with Crippen molar-refractivity contribution in [2.75, 3.05) is 33.4 Å². The highest BCUT2D eigenvalue weighted by atomic mass is 16.5. The molecule has 19 heavy (non-hydrogen) atoms. The Morgan fingerprint density at radius 2 is 2.05 bits per heavy atom. The predicted molar refractivity (Wildman–Crippen MR) is 77.6 cm³/mol. The molecule has 1 aliphatic rings. The average molecular weight is 263 g/mol. The van der Waals surface area contributed by atoms with Gasteiger partial charge in [-0.05, 0) is 44.9 Å². The van der Waals surface area contributed by atoms with E-state index in [-0.39, 0.29) is 0 Å². The highest BCUT2D eigenvalue weighted by molar-refractivity contribution is 5.20. The van der Waals surface area contributed by atoms with Crippen LogP contribution in [-0.4, -0.2) is 44.4 Å². The van der Waals surface area contributed by atoms with E-state index in [0.29, 0.717) is 6.10 Å². The number of hydrogen-bond acceptors (Lipinski definition) is 3. The first-order valence-corrected chi connectivity index (χ1v) is 7.32. The lowest BCUT2D eigenvalue weighted by molar-refractivity contribution is 0.00630. The molecule has 1 heterocycles. The Morgan fingerprint density at radius 3 is 2.79 bits per heavy atom. The monoisotopic (exact) mass is 263 g/mol. The third kappa shape index (κ3) is 5.62. The van der Waals surface area contributed by atoms with Crippen molar-refractivity contribution in [3.63, 3.8) is 0 Å². The van der Waals surface area contributed by atoms with Gasteiger partial charge in [-0.3, -0.25) is 0 Å². The molecule has 1 fully saturated rings. The molecule has 0 aromatic heterocycles. The molecule has 3 heteroatoms. The van der Waals surface area contributed by atoms with Gasteiger partial charge in [0.2, 0.25) is 0 Å². The lowest BCUT2D eigenvalue weighted by Gasteiger charge is -2.25. The van der Waals surface area contributed by atoms with Gasteiger partial charge in [0, 0.05) is 19.7 Å². The van der Waals surface area contributed by atoms with Crippen LogP contribution in [0, 0.1) is 0 Å². The molecule has 106 valence electrons. The van der Waals surface area contributed by atoms with E-state index in [9.17, 15) is 0 Å². The van der Waals surface area contributed by atoms with Crippen LogP contribution in [0.4, 0.5) is 0 Å². The Labute approximate surface area is 116 Å². The summed E-state index contributed by atoms with van der Waals surface area (Å²) in [5.74, 6) is 0.950. The van der Waals surface area contributed by atoms with Crippen LogP contribution in [0.5, 0.6) is 5.75 Å². The minimum Gasteiger partial charge on any atom is -0.492 e. The molecule has 0 amide bonds. The maximum atomic E-state index is 5.74. The van der Waals surface area contributed by atoms with Crippen molar-refractivity contribution < 1.29 is 9.47 Å². The fraction of sp³-hybridized carbons (Fsp3) is 0.625. The number of nitrogens with zero attached hydrogens (tertiary/aromatic N) is 1. The molecule has 3 nitrogen and oxygen atoms in total. The van der Waals surface area contributed by atoms with Crippen LogP contribution in [0.25, 0.3) is 0 Å². The molecule has 0 spiro atoms. The van der Waals surface area contributed by atoms with Crippen LogP contribution in [0.15, 0.2) is 30.3 Å². The van der Waals surface area contributed by atoms with Gasteiger partial charge in [0.1, 0.15) is 12.4 Å². The minimum atomic E-state index is 0.478. The Bertz CT molecular complexity index is 336. The van der Waals surface area contributed by atoms with E-state index in [1.165, 1.54) is 19.3 Å². The van der Waals surface area contributed by atoms with E-state index in [4.69, 9.17) is 9.47 Å². The maximum absolute atomic E-state index is 5.74. The fourth-order valence-electron chi connectivity index (χ4n) is 2.35. The van der Waals surface area contributed by atoms with Crippen molar-refractivity contribution in [2.45, 2.75) is 31.8 Å². The highest BCUT2D eigenvalue weighted by Crippen LogP contribution is 2.15. The third-order valence-electron chi connectivity index (χ3n) is 3.59. The summed E-state index contributed by atoms with van der Waals surface area (Å²) in [6.07, 6.45) is 5.41.